The molecule has 0 saturated heterocycles. The standard InChI is InChI=1S/C28H34O4/c1-19(2)24-11-9-8-10-21(24)13-16-26(29)31-23-15-12-22(25(18-23)20(3)4)14-17-27(30)32-28(5,6)7/h8-20H,1-7H3/b16-13+,17-14+. The molecule has 0 spiro atoms. The quantitative estimate of drug-likeness (QED) is 0.270. The van der Waals surface area contributed by atoms with E-state index in [1.165, 1.54) is 17.7 Å². The number of ether oxygens (including phenoxy) is 2. The molecule has 0 aliphatic rings. The summed E-state index contributed by atoms with van der Waals surface area (Å²) in [5.74, 6) is 0.182. The molecule has 2 aromatic rings. The molecule has 0 aliphatic carbocycles. The van der Waals surface area contributed by atoms with Crippen LogP contribution >= 0.6 is 0 Å². The molecule has 0 heterocycles. The van der Waals surface area contributed by atoms with Crippen LogP contribution in [0, 0.1) is 0 Å². The number of hydrogen-bond donors (Lipinski definition) is 0. The summed E-state index contributed by atoms with van der Waals surface area (Å²) in [5.41, 5.74) is 3.50. The van der Waals surface area contributed by atoms with Crippen LogP contribution in [0.4, 0.5) is 0 Å². The maximum atomic E-state index is 12.4. The van der Waals surface area contributed by atoms with Crippen molar-refractivity contribution in [1.82, 2.24) is 0 Å². The molecule has 0 unspecified atom stereocenters. The lowest BCUT2D eigenvalue weighted by Crippen LogP contribution is -2.22. The van der Waals surface area contributed by atoms with E-state index in [1.807, 2.05) is 51.1 Å². The fourth-order valence-electron chi connectivity index (χ4n) is 3.26. The van der Waals surface area contributed by atoms with Crippen molar-refractivity contribution in [3.63, 3.8) is 0 Å². The van der Waals surface area contributed by atoms with E-state index in [0.717, 1.165) is 16.7 Å². The van der Waals surface area contributed by atoms with Crippen LogP contribution in [0.25, 0.3) is 12.2 Å². The van der Waals surface area contributed by atoms with Crippen LogP contribution in [0.15, 0.2) is 54.6 Å². The summed E-state index contributed by atoms with van der Waals surface area (Å²) in [7, 11) is 0. The fourth-order valence-corrected chi connectivity index (χ4v) is 3.26. The second-order valence-electron chi connectivity index (χ2n) is 9.35. The van der Waals surface area contributed by atoms with Gasteiger partial charge in [-0.2, -0.15) is 0 Å². The van der Waals surface area contributed by atoms with Crippen molar-refractivity contribution in [3.8, 4) is 5.75 Å². The first-order valence-corrected chi connectivity index (χ1v) is 11.0. The Morgan fingerprint density at radius 2 is 1.34 bits per heavy atom. The molecule has 170 valence electrons. The van der Waals surface area contributed by atoms with Crippen LogP contribution in [0.5, 0.6) is 5.75 Å². The van der Waals surface area contributed by atoms with Gasteiger partial charge in [0.2, 0.25) is 0 Å². The molecule has 0 fully saturated rings. The molecule has 0 aromatic heterocycles. The molecule has 0 bridgehead atoms. The van der Waals surface area contributed by atoms with Crippen molar-refractivity contribution in [2.45, 2.75) is 65.9 Å². The van der Waals surface area contributed by atoms with Crippen LogP contribution in [0.1, 0.15) is 82.6 Å². The minimum Gasteiger partial charge on any atom is -0.457 e. The maximum Gasteiger partial charge on any atom is 0.336 e. The summed E-state index contributed by atoms with van der Waals surface area (Å²) in [6.45, 7) is 13.8. The average Bonchev–Trinajstić information content (AvgIpc) is 2.70. The highest BCUT2D eigenvalue weighted by atomic mass is 16.6. The molecule has 0 atom stereocenters. The lowest BCUT2D eigenvalue weighted by molar-refractivity contribution is -0.148. The highest BCUT2D eigenvalue weighted by Crippen LogP contribution is 2.26. The van der Waals surface area contributed by atoms with Gasteiger partial charge in [-0.25, -0.2) is 9.59 Å². The Labute approximate surface area is 191 Å². The molecule has 32 heavy (non-hydrogen) atoms. The van der Waals surface area contributed by atoms with Gasteiger partial charge >= 0.3 is 11.9 Å². The molecular formula is C28H34O4. The third-order valence-corrected chi connectivity index (χ3v) is 4.72. The second kappa shape index (κ2) is 10.9. The molecule has 0 N–H and O–H groups in total. The van der Waals surface area contributed by atoms with E-state index in [0.29, 0.717) is 11.7 Å². The SMILES string of the molecule is CC(C)c1ccccc1/C=C/C(=O)Oc1ccc(/C=C/C(=O)OC(C)(C)C)c(C(C)C)c1. The number of rotatable bonds is 7. The number of carbonyl (C=O) groups excluding carboxylic acids is 2. The Bertz CT molecular complexity index is 1000. The summed E-state index contributed by atoms with van der Waals surface area (Å²) in [5, 5.41) is 0. The van der Waals surface area contributed by atoms with Gasteiger partial charge in [0.15, 0.2) is 0 Å². The van der Waals surface area contributed by atoms with Gasteiger partial charge in [0, 0.05) is 12.2 Å². The lowest BCUT2D eigenvalue weighted by Gasteiger charge is -2.18. The van der Waals surface area contributed by atoms with Gasteiger partial charge in [0.05, 0.1) is 0 Å². The summed E-state index contributed by atoms with van der Waals surface area (Å²) in [4.78, 5) is 24.4. The summed E-state index contributed by atoms with van der Waals surface area (Å²) in [6.07, 6.45) is 6.40. The van der Waals surface area contributed by atoms with E-state index in [1.54, 1.807) is 18.2 Å². The van der Waals surface area contributed by atoms with Gasteiger partial charge in [0.1, 0.15) is 11.4 Å². The van der Waals surface area contributed by atoms with Gasteiger partial charge in [-0.3, -0.25) is 0 Å². The van der Waals surface area contributed by atoms with Crippen LogP contribution in [-0.2, 0) is 14.3 Å². The van der Waals surface area contributed by atoms with E-state index in [2.05, 4.69) is 33.8 Å². The van der Waals surface area contributed by atoms with Crippen LogP contribution in [-0.4, -0.2) is 17.5 Å². The molecule has 0 radical (unpaired) electrons. The van der Waals surface area contributed by atoms with Crippen LogP contribution < -0.4 is 4.74 Å². The van der Waals surface area contributed by atoms with Crippen molar-refractivity contribution in [2.75, 3.05) is 0 Å². The molecule has 2 rings (SSSR count). The van der Waals surface area contributed by atoms with Crippen LogP contribution in [0.3, 0.4) is 0 Å². The maximum absolute atomic E-state index is 12.4. The van der Waals surface area contributed by atoms with Crippen molar-refractivity contribution in [3.05, 3.63) is 76.9 Å². The molecule has 4 heteroatoms. The highest BCUT2D eigenvalue weighted by Gasteiger charge is 2.14. The van der Waals surface area contributed by atoms with E-state index in [4.69, 9.17) is 9.47 Å². The Hall–Kier alpha value is -3.14. The van der Waals surface area contributed by atoms with Gasteiger partial charge in [-0.05, 0) is 79.1 Å². The number of hydrogen-bond acceptors (Lipinski definition) is 4. The topological polar surface area (TPSA) is 52.6 Å². The van der Waals surface area contributed by atoms with Gasteiger partial charge in [-0.1, -0.05) is 58.0 Å². The third kappa shape index (κ3) is 7.84. The van der Waals surface area contributed by atoms with E-state index < -0.39 is 17.5 Å². The van der Waals surface area contributed by atoms with E-state index in [9.17, 15) is 9.59 Å². The van der Waals surface area contributed by atoms with Crippen LogP contribution in [0.2, 0.25) is 0 Å². The Balaban J connectivity index is 2.15. The molecular weight excluding hydrogens is 400 g/mol. The minimum atomic E-state index is -0.538. The average molecular weight is 435 g/mol. The molecule has 0 amide bonds. The molecule has 2 aromatic carbocycles. The van der Waals surface area contributed by atoms with Crippen molar-refractivity contribution < 1.29 is 19.1 Å². The van der Waals surface area contributed by atoms with Crippen molar-refractivity contribution >= 4 is 24.1 Å². The summed E-state index contributed by atoms with van der Waals surface area (Å²) >= 11 is 0. The van der Waals surface area contributed by atoms with Gasteiger partial charge in [-0.15, -0.1) is 0 Å². The third-order valence-electron chi connectivity index (χ3n) is 4.72. The first-order valence-electron chi connectivity index (χ1n) is 11.0. The zero-order chi connectivity index (χ0) is 23.9. The first kappa shape index (κ1) is 25.1. The number of carbonyl (C=O) groups is 2. The fraction of sp³-hybridized carbons (Fsp3) is 0.357. The monoisotopic (exact) mass is 434 g/mol. The van der Waals surface area contributed by atoms with Gasteiger partial charge < -0.3 is 9.47 Å². The predicted octanol–water partition coefficient (Wildman–Crippen LogP) is 6.91. The highest BCUT2D eigenvalue weighted by molar-refractivity contribution is 5.89. The minimum absolute atomic E-state index is 0.181. The smallest absolute Gasteiger partial charge is 0.336 e. The number of esters is 2. The summed E-state index contributed by atoms with van der Waals surface area (Å²) in [6, 6.07) is 13.4. The largest absolute Gasteiger partial charge is 0.457 e. The molecule has 0 aliphatic heterocycles. The van der Waals surface area contributed by atoms with E-state index >= 15 is 0 Å². The zero-order valence-corrected chi connectivity index (χ0v) is 20.1. The zero-order valence-electron chi connectivity index (χ0n) is 20.1. The Morgan fingerprint density at radius 1 is 0.781 bits per heavy atom. The first-order chi connectivity index (χ1) is 15.0. The van der Waals surface area contributed by atoms with E-state index in [-0.39, 0.29) is 5.92 Å². The van der Waals surface area contributed by atoms with Crippen molar-refractivity contribution in [2.24, 2.45) is 0 Å². The van der Waals surface area contributed by atoms with Gasteiger partial charge in [0.25, 0.3) is 0 Å². The number of benzene rings is 2. The molecule has 4 nitrogen and oxygen atoms in total. The normalized spacial score (nSPS) is 12.2. The summed E-state index contributed by atoms with van der Waals surface area (Å²) < 4.78 is 10.9. The molecule has 0 saturated carbocycles. The predicted molar refractivity (Wildman–Crippen MR) is 131 cm³/mol. The second-order valence-corrected chi connectivity index (χ2v) is 9.35. The lowest BCUT2D eigenvalue weighted by atomic mass is 9.96. The van der Waals surface area contributed by atoms with Crippen molar-refractivity contribution in [1.29, 1.82) is 0 Å². The Kier molecular flexibility index (Phi) is 8.59. The Morgan fingerprint density at radius 3 is 1.94 bits per heavy atom.